The van der Waals surface area contributed by atoms with Gasteiger partial charge in [0.05, 0.1) is 0 Å². The van der Waals surface area contributed by atoms with E-state index in [2.05, 4.69) is 55.2 Å². The zero-order valence-electron chi connectivity index (χ0n) is 15.6. The lowest BCUT2D eigenvalue weighted by Gasteiger charge is -2.37. The number of hydrogen-bond acceptors (Lipinski definition) is 2. The smallest absolute Gasteiger partial charge is 0.127 e. The Bertz CT molecular complexity index is 787. The Labute approximate surface area is 151 Å². The molecule has 0 spiro atoms. The third-order valence-corrected chi connectivity index (χ3v) is 5.31. The second kappa shape index (κ2) is 6.59. The second-order valence-electron chi connectivity index (χ2n) is 7.57. The van der Waals surface area contributed by atoms with Crippen LogP contribution in [-0.4, -0.2) is 13.1 Å². The molecule has 0 atom stereocenters. The quantitative estimate of drug-likeness (QED) is 0.703. The van der Waals surface area contributed by atoms with Crippen molar-refractivity contribution in [3.8, 4) is 0 Å². The SMILES string of the molecule is CC1=CC(=C(C)C)C=C(C=Cc2cc3c4c(c2)CCCN4CCC3)O1. The zero-order chi connectivity index (χ0) is 17.4. The number of rotatable bonds is 2. The molecule has 0 saturated heterocycles. The summed E-state index contributed by atoms with van der Waals surface area (Å²) >= 11 is 0. The molecule has 0 N–H and O–H groups in total. The summed E-state index contributed by atoms with van der Waals surface area (Å²) in [6.45, 7) is 8.76. The van der Waals surface area contributed by atoms with Gasteiger partial charge in [0, 0.05) is 18.8 Å². The van der Waals surface area contributed by atoms with Crippen LogP contribution in [0.15, 0.2) is 53.0 Å². The summed E-state index contributed by atoms with van der Waals surface area (Å²) in [5.74, 6) is 1.87. The van der Waals surface area contributed by atoms with E-state index in [4.69, 9.17) is 4.74 Å². The van der Waals surface area contributed by atoms with Crippen LogP contribution in [0.4, 0.5) is 5.69 Å². The van der Waals surface area contributed by atoms with Crippen LogP contribution >= 0.6 is 0 Å². The Morgan fingerprint density at radius 1 is 1.00 bits per heavy atom. The summed E-state index contributed by atoms with van der Waals surface area (Å²) in [7, 11) is 0. The number of allylic oxidation sites excluding steroid dienone is 6. The second-order valence-corrected chi connectivity index (χ2v) is 7.57. The minimum Gasteiger partial charge on any atom is -0.462 e. The van der Waals surface area contributed by atoms with Gasteiger partial charge in [-0.2, -0.15) is 0 Å². The summed E-state index contributed by atoms with van der Waals surface area (Å²) in [6, 6.07) is 4.75. The van der Waals surface area contributed by atoms with Crippen molar-refractivity contribution in [1.29, 1.82) is 0 Å². The van der Waals surface area contributed by atoms with E-state index in [0.29, 0.717) is 0 Å². The van der Waals surface area contributed by atoms with Crippen molar-refractivity contribution in [1.82, 2.24) is 0 Å². The molecule has 25 heavy (non-hydrogen) atoms. The van der Waals surface area contributed by atoms with Crippen molar-refractivity contribution < 1.29 is 4.74 Å². The molecule has 1 aromatic carbocycles. The molecule has 3 heterocycles. The largest absolute Gasteiger partial charge is 0.462 e. The number of nitrogens with zero attached hydrogens (tertiary/aromatic N) is 1. The van der Waals surface area contributed by atoms with Crippen LogP contribution in [-0.2, 0) is 17.6 Å². The van der Waals surface area contributed by atoms with Gasteiger partial charge in [-0.15, -0.1) is 0 Å². The van der Waals surface area contributed by atoms with Gasteiger partial charge in [0.25, 0.3) is 0 Å². The molecule has 0 aliphatic carbocycles. The summed E-state index contributed by atoms with van der Waals surface area (Å²) in [6.07, 6.45) is 13.5. The van der Waals surface area contributed by atoms with E-state index in [0.717, 1.165) is 11.5 Å². The van der Waals surface area contributed by atoms with Gasteiger partial charge in [0.1, 0.15) is 11.5 Å². The maximum Gasteiger partial charge on any atom is 0.127 e. The molecule has 3 aliphatic rings. The van der Waals surface area contributed by atoms with Gasteiger partial charge in [-0.1, -0.05) is 11.6 Å². The van der Waals surface area contributed by atoms with Crippen LogP contribution in [0.1, 0.15) is 50.3 Å². The predicted molar refractivity (Wildman–Crippen MR) is 106 cm³/mol. The van der Waals surface area contributed by atoms with E-state index in [1.54, 1.807) is 0 Å². The molecular formula is C23H27NO. The van der Waals surface area contributed by atoms with Gasteiger partial charge < -0.3 is 9.64 Å². The lowest BCUT2D eigenvalue weighted by molar-refractivity contribution is 0.318. The molecule has 2 heteroatoms. The highest BCUT2D eigenvalue weighted by Crippen LogP contribution is 2.36. The first-order valence-corrected chi connectivity index (χ1v) is 9.44. The van der Waals surface area contributed by atoms with Crippen LogP contribution in [0.5, 0.6) is 0 Å². The van der Waals surface area contributed by atoms with Crippen molar-refractivity contribution in [3.05, 3.63) is 69.7 Å². The third-order valence-electron chi connectivity index (χ3n) is 5.31. The molecule has 0 saturated carbocycles. The molecule has 130 valence electrons. The average molecular weight is 333 g/mol. The predicted octanol–water partition coefficient (Wildman–Crippen LogP) is 5.55. The molecule has 0 fully saturated rings. The van der Waals surface area contributed by atoms with E-state index in [9.17, 15) is 0 Å². The first kappa shape index (κ1) is 16.3. The van der Waals surface area contributed by atoms with Gasteiger partial charge in [0.15, 0.2) is 0 Å². The molecule has 0 bridgehead atoms. The number of benzene rings is 1. The fourth-order valence-electron chi connectivity index (χ4n) is 4.13. The summed E-state index contributed by atoms with van der Waals surface area (Å²) in [5, 5.41) is 0. The minimum absolute atomic E-state index is 0.921. The Hall–Kier alpha value is -2.22. The van der Waals surface area contributed by atoms with Gasteiger partial charge in [-0.05, 0) is 99.1 Å². The lowest BCUT2D eigenvalue weighted by Crippen LogP contribution is -2.34. The Balaban J connectivity index is 1.64. The Morgan fingerprint density at radius 3 is 2.32 bits per heavy atom. The molecule has 0 unspecified atom stereocenters. The standard InChI is InChI=1S/C23H27NO/c1-16(2)21-12-17(3)25-22(15-21)9-8-18-13-19-6-4-10-24-11-5-7-20(14-18)23(19)24/h8-9,12-15H,4-7,10-11H2,1-3H3. The summed E-state index contributed by atoms with van der Waals surface area (Å²) < 4.78 is 5.88. The molecular weight excluding hydrogens is 306 g/mol. The number of aryl methyl sites for hydroxylation is 2. The lowest BCUT2D eigenvalue weighted by atomic mass is 9.90. The molecule has 3 aliphatic heterocycles. The number of anilines is 1. The monoisotopic (exact) mass is 333 g/mol. The number of ether oxygens (including phenoxy) is 1. The Kier molecular flexibility index (Phi) is 4.29. The summed E-state index contributed by atoms with van der Waals surface area (Å²) in [4.78, 5) is 2.59. The van der Waals surface area contributed by atoms with E-state index in [-0.39, 0.29) is 0 Å². The van der Waals surface area contributed by atoms with Crippen molar-refractivity contribution in [2.45, 2.75) is 46.5 Å². The van der Waals surface area contributed by atoms with Crippen LogP contribution in [0.3, 0.4) is 0 Å². The van der Waals surface area contributed by atoms with E-state index >= 15 is 0 Å². The van der Waals surface area contributed by atoms with E-state index < -0.39 is 0 Å². The first-order chi connectivity index (χ1) is 12.1. The molecule has 4 rings (SSSR count). The minimum atomic E-state index is 0.921. The van der Waals surface area contributed by atoms with Gasteiger partial charge in [-0.3, -0.25) is 0 Å². The normalized spacial score (nSPS) is 19.3. The third kappa shape index (κ3) is 3.30. The van der Waals surface area contributed by atoms with Crippen molar-refractivity contribution in [3.63, 3.8) is 0 Å². The first-order valence-electron chi connectivity index (χ1n) is 9.44. The van der Waals surface area contributed by atoms with Crippen LogP contribution in [0.2, 0.25) is 0 Å². The highest BCUT2D eigenvalue weighted by Gasteiger charge is 2.23. The molecule has 0 amide bonds. The highest BCUT2D eigenvalue weighted by molar-refractivity contribution is 5.68. The van der Waals surface area contributed by atoms with Crippen LogP contribution in [0, 0.1) is 0 Å². The molecule has 1 aromatic rings. The highest BCUT2D eigenvalue weighted by atomic mass is 16.5. The van der Waals surface area contributed by atoms with Crippen molar-refractivity contribution in [2.75, 3.05) is 18.0 Å². The maximum atomic E-state index is 5.88. The van der Waals surface area contributed by atoms with Gasteiger partial charge in [-0.25, -0.2) is 0 Å². The molecule has 2 nitrogen and oxygen atoms in total. The van der Waals surface area contributed by atoms with Gasteiger partial charge >= 0.3 is 0 Å². The zero-order valence-corrected chi connectivity index (χ0v) is 15.6. The molecule has 0 aromatic heterocycles. The van der Waals surface area contributed by atoms with Crippen LogP contribution < -0.4 is 4.90 Å². The average Bonchev–Trinajstić information content (AvgIpc) is 2.60. The summed E-state index contributed by atoms with van der Waals surface area (Å²) in [5.41, 5.74) is 8.46. The van der Waals surface area contributed by atoms with Crippen molar-refractivity contribution >= 4 is 11.8 Å². The fraction of sp³-hybridized carbons (Fsp3) is 0.391. The fourth-order valence-corrected chi connectivity index (χ4v) is 4.13. The van der Waals surface area contributed by atoms with Crippen LogP contribution in [0.25, 0.3) is 6.08 Å². The van der Waals surface area contributed by atoms with Gasteiger partial charge in [0.2, 0.25) is 0 Å². The molecule has 0 radical (unpaired) electrons. The number of hydrogen-bond donors (Lipinski definition) is 0. The van der Waals surface area contributed by atoms with E-state index in [1.165, 1.54) is 72.3 Å². The van der Waals surface area contributed by atoms with Crippen molar-refractivity contribution in [2.24, 2.45) is 0 Å². The Morgan fingerprint density at radius 2 is 1.68 bits per heavy atom. The topological polar surface area (TPSA) is 12.5 Å². The maximum absolute atomic E-state index is 5.88. The van der Waals surface area contributed by atoms with E-state index in [1.807, 2.05) is 6.92 Å².